The van der Waals surface area contributed by atoms with Crippen LogP contribution in [-0.4, -0.2) is 23.5 Å². The van der Waals surface area contributed by atoms with Crippen LogP contribution in [0.25, 0.3) is 0 Å². The molecule has 142 valence electrons. The van der Waals surface area contributed by atoms with Crippen molar-refractivity contribution in [2.24, 2.45) is 0 Å². The van der Waals surface area contributed by atoms with E-state index in [-0.39, 0.29) is 11.5 Å². The lowest BCUT2D eigenvalue weighted by Crippen LogP contribution is -2.11. The second-order valence-corrected chi connectivity index (χ2v) is 6.33. The second-order valence-electron chi connectivity index (χ2n) is 6.33. The zero-order valence-electron chi connectivity index (χ0n) is 16.0. The quantitative estimate of drug-likeness (QED) is 0.407. The molecule has 0 aliphatic rings. The minimum absolute atomic E-state index is 0.0625. The van der Waals surface area contributed by atoms with Crippen molar-refractivity contribution in [2.75, 3.05) is 7.11 Å². The van der Waals surface area contributed by atoms with Crippen LogP contribution in [0.4, 0.5) is 4.79 Å². The van der Waals surface area contributed by atoms with Crippen molar-refractivity contribution < 1.29 is 24.5 Å². The summed E-state index contributed by atoms with van der Waals surface area (Å²) in [5.74, 6) is 0.214. The van der Waals surface area contributed by atoms with Crippen LogP contribution in [0.5, 0.6) is 17.2 Å². The first-order valence-corrected chi connectivity index (χ1v) is 9.35. The van der Waals surface area contributed by atoms with Crippen LogP contribution < -0.4 is 9.47 Å². The third-order valence-electron chi connectivity index (χ3n) is 4.44. The summed E-state index contributed by atoms with van der Waals surface area (Å²) in [7, 11) is 1.49. The van der Waals surface area contributed by atoms with Gasteiger partial charge in [0.15, 0.2) is 11.5 Å². The van der Waals surface area contributed by atoms with E-state index in [2.05, 4.69) is 20.8 Å². The molecule has 1 aromatic rings. The molecule has 0 aliphatic carbocycles. The van der Waals surface area contributed by atoms with E-state index < -0.39 is 6.16 Å². The molecule has 0 saturated heterocycles. The molecule has 0 spiro atoms. The summed E-state index contributed by atoms with van der Waals surface area (Å²) in [6, 6.07) is 0. The van der Waals surface area contributed by atoms with Crippen LogP contribution >= 0.6 is 0 Å². The minimum atomic E-state index is -1.45. The number of benzene rings is 1. The Kier molecular flexibility index (Phi) is 9.17. The first-order chi connectivity index (χ1) is 12.0. The Hall–Kier alpha value is -1.91. The highest BCUT2D eigenvalue weighted by Crippen LogP contribution is 2.46. The Bertz CT molecular complexity index is 566. The molecule has 0 aliphatic heterocycles. The summed E-state index contributed by atoms with van der Waals surface area (Å²) in [5, 5.41) is 19.8. The first-order valence-electron chi connectivity index (χ1n) is 9.35. The third kappa shape index (κ3) is 5.55. The van der Waals surface area contributed by atoms with Gasteiger partial charge in [-0.15, -0.1) is 0 Å². The fraction of sp³-hybridized carbons (Fsp3) is 0.650. The summed E-state index contributed by atoms with van der Waals surface area (Å²) in [5.41, 5.74) is 2.91. The van der Waals surface area contributed by atoms with Crippen LogP contribution in [0, 0.1) is 0 Å². The number of carboxylic acid groups (broad SMARTS) is 1. The minimum Gasteiger partial charge on any atom is -0.504 e. The van der Waals surface area contributed by atoms with Crippen molar-refractivity contribution >= 4 is 6.16 Å². The normalized spacial score (nSPS) is 10.7. The van der Waals surface area contributed by atoms with Gasteiger partial charge in [0.2, 0.25) is 5.75 Å². The van der Waals surface area contributed by atoms with Gasteiger partial charge in [0.05, 0.1) is 7.11 Å². The second kappa shape index (κ2) is 10.9. The lowest BCUT2D eigenvalue weighted by atomic mass is 9.89. The van der Waals surface area contributed by atoms with Gasteiger partial charge in [-0.3, -0.25) is 0 Å². The fourth-order valence-electron chi connectivity index (χ4n) is 3.14. The van der Waals surface area contributed by atoms with Crippen LogP contribution in [0.2, 0.25) is 0 Å². The average Bonchev–Trinajstić information content (AvgIpc) is 2.59. The molecule has 1 rings (SSSR count). The van der Waals surface area contributed by atoms with Crippen molar-refractivity contribution in [3.8, 4) is 17.2 Å². The Balaban J connectivity index is 3.60. The van der Waals surface area contributed by atoms with Gasteiger partial charge in [-0.25, -0.2) is 4.79 Å². The fourth-order valence-corrected chi connectivity index (χ4v) is 3.14. The predicted octanol–water partition coefficient (Wildman–Crippen LogP) is 5.49. The maximum Gasteiger partial charge on any atom is 0.511 e. The monoisotopic (exact) mass is 352 g/mol. The number of ether oxygens (including phenoxy) is 2. The number of unbranched alkanes of at least 4 members (excludes halogenated alkanes) is 3. The number of methoxy groups -OCH3 is 1. The van der Waals surface area contributed by atoms with E-state index in [1.807, 2.05) is 0 Å². The number of carbonyl (C=O) groups is 1. The molecular formula is C20H32O5. The summed E-state index contributed by atoms with van der Waals surface area (Å²) >= 11 is 0. The van der Waals surface area contributed by atoms with Gasteiger partial charge < -0.3 is 19.7 Å². The van der Waals surface area contributed by atoms with E-state index in [1.54, 1.807) is 0 Å². The Labute approximate surface area is 151 Å². The van der Waals surface area contributed by atoms with Crippen LogP contribution in [0.15, 0.2) is 0 Å². The number of hydrogen-bond acceptors (Lipinski definition) is 4. The molecular weight excluding hydrogens is 320 g/mol. The zero-order chi connectivity index (χ0) is 18.8. The van der Waals surface area contributed by atoms with Gasteiger partial charge in [0.1, 0.15) is 0 Å². The molecule has 0 bridgehead atoms. The van der Waals surface area contributed by atoms with Gasteiger partial charge in [-0.2, -0.15) is 0 Å². The van der Waals surface area contributed by atoms with E-state index in [9.17, 15) is 9.90 Å². The standard InChI is InChI=1S/C20H32O5/c1-5-8-11-14-15(12-9-6-2)17(21)19(25-20(22)23)18(24-4)16(14)13-10-7-3/h21H,5-13H2,1-4H3,(H,22,23). The molecule has 0 amide bonds. The van der Waals surface area contributed by atoms with Crippen molar-refractivity contribution in [3.63, 3.8) is 0 Å². The SMILES string of the molecule is CCCCc1c(O)c(OC(=O)O)c(OC)c(CCCC)c1CCCC. The van der Waals surface area contributed by atoms with E-state index >= 15 is 0 Å². The third-order valence-corrected chi connectivity index (χ3v) is 4.44. The number of phenols is 1. The number of aromatic hydroxyl groups is 1. The molecule has 0 aromatic heterocycles. The molecule has 0 saturated carbocycles. The molecule has 0 fully saturated rings. The maximum absolute atomic E-state index is 11.1. The lowest BCUT2D eigenvalue weighted by Gasteiger charge is -2.22. The molecule has 5 heteroatoms. The molecule has 0 atom stereocenters. The molecule has 2 N–H and O–H groups in total. The van der Waals surface area contributed by atoms with E-state index in [0.29, 0.717) is 12.2 Å². The summed E-state index contributed by atoms with van der Waals surface area (Å²) in [6.07, 6.45) is 6.89. The molecule has 1 aromatic carbocycles. The highest BCUT2D eigenvalue weighted by Gasteiger charge is 2.26. The molecule has 0 radical (unpaired) electrons. The molecule has 0 unspecified atom stereocenters. The highest BCUT2D eigenvalue weighted by molar-refractivity contribution is 5.70. The maximum atomic E-state index is 11.1. The van der Waals surface area contributed by atoms with Gasteiger partial charge in [-0.05, 0) is 44.1 Å². The van der Waals surface area contributed by atoms with Crippen molar-refractivity contribution in [1.82, 2.24) is 0 Å². The Morgan fingerprint density at radius 3 is 1.76 bits per heavy atom. The van der Waals surface area contributed by atoms with Crippen molar-refractivity contribution in [2.45, 2.75) is 78.6 Å². The van der Waals surface area contributed by atoms with Crippen LogP contribution in [0.3, 0.4) is 0 Å². The number of hydrogen-bond donors (Lipinski definition) is 2. The van der Waals surface area contributed by atoms with Crippen molar-refractivity contribution in [1.29, 1.82) is 0 Å². The van der Waals surface area contributed by atoms with Gasteiger partial charge >= 0.3 is 6.16 Å². The highest BCUT2D eigenvalue weighted by atomic mass is 16.7. The number of rotatable bonds is 11. The predicted molar refractivity (Wildman–Crippen MR) is 99.1 cm³/mol. The van der Waals surface area contributed by atoms with E-state index in [0.717, 1.165) is 68.1 Å². The first kappa shape index (κ1) is 21.1. The topological polar surface area (TPSA) is 76.0 Å². The van der Waals surface area contributed by atoms with Gasteiger partial charge in [-0.1, -0.05) is 40.0 Å². The van der Waals surface area contributed by atoms with Crippen LogP contribution in [0.1, 0.15) is 76.0 Å². The Morgan fingerprint density at radius 1 is 0.840 bits per heavy atom. The zero-order valence-corrected chi connectivity index (χ0v) is 16.0. The summed E-state index contributed by atoms with van der Waals surface area (Å²) < 4.78 is 10.4. The number of phenolic OH excluding ortho intramolecular Hbond substituents is 1. The van der Waals surface area contributed by atoms with E-state index in [4.69, 9.17) is 14.6 Å². The molecule has 25 heavy (non-hydrogen) atoms. The molecule has 0 heterocycles. The molecule has 5 nitrogen and oxygen atoms in total. The summed E-state index contributed by atoms with van der Waals surface area (Å²) in [6.45, 7) is 6.35. The van der Waals surface area contributed by atoms with Crippen molar-refractivity contribution in [3.05, 3.63) is 16.7 Å². The van der Waals surface area contributed by atoms with Crippen LogP contribution in [-0.2, 0) is 19.3 Å². The smallest absolute Gasteiger partial charge is 0.504 e. The van der Waals surface area contributed by atoms with E-state index in [1.165, 1.54) is 7.11 Å². The van der Waals surface area contributed by atoms with Gasteiger partial charge in [0.25, 0.3) is 0 Å². The van der Waals surface area contributed by atoms with Gasteiger partial charge in [0, 0.05) is 11.1 Å². The lowest BCUT2D eigenvalue weighted by molar-refractivity contribution is 0.141. The largest absolute Gasteiger partial charge is 0.511 e. The summed E-state index contributed by atoms with van der Waals surface area (Å²) in [4.78, 5) is 11.1. The average molecular weight is 352 g/mol. The Morgan fingerprint density at radius 2 is 1.32 bits per heavy atom.